The van der Waals surface area contributed by atoms with Crippen molar-refractivity contribution in [3.8, 4) is 5.75 Å². The number of hydrogen-bond acceptors (Lipinski definition) is 3. The van der Waals surface area contributed by atoms with E-state index in [-0.39, 0.29) is 5.91 Å². The maximum absolute atomic E-state index is 12.8. The zero-order valence-electron chi connectivity index (χ0n) is 15.0. The maximum Gasteiger partial charge on any atom is 0.263 e. The summed E-state index contributed by atoms with van der Waals surface area (Å²) in [7, 11) is 0. The van der Waals surface area contributed by atoms with E-state index >= 15 is 0 Å². The summed E-state index contributed by atoms with van der Waals surface area (Å²) in [4.78, 5) is 17.1. The number of aryl methyl sites for hydroxylation is 1. The Labute approximate surface area is 150 Å². The number of carbonyl (C=O) groups is 1. The molecule has 0 saturated carbocycles. The number of rotatable bonds is 5. The van der Waals surface area contributed by atoms with Crippen LogP contribution in [0.4, 0.5) is 5.69 Å². The molecule has 1 saturated heterocycles. The number of ether oxygens (including phenoxy) is 1. The van der Waals surface area contributed by atoms with Gasteiger partial charge in [-0.25, -0.2) is 0 Å². The molecule has 132 valence electrons. The fraction of sp³-hybridized carbons (Fsp3) is 0.381. The van der Waals surface area contributed by atoms with E-state index in [9.17, 15) is 4.79 Å². The van der Waals surface area contributed by atoms with Crippen LogP contribution in [0.25, 0.3) is 0 Å². The standard InChI is InChI=1S/C21H26N2O2/c1-3-20(25-19-11-7-8-17(2)16-19)21(24)23-14-12-22(13-15-23)18-9-5-4-6-10-18/h4-11,16,20H,3,12-15H2,1-2H3/t20-/m0/s1. The van der Waals surface area contributed by atoms with Gasteiger partial charge < -0.3 is 14.5 Å². The van der Waals surface area contributed by atoms with E-state index < -0.39 is 6.10 Å². The number of nitrogens with zero attached hydrogens (tertiary/aromatic N) is 2. The molecule has 1 aliphatic rings. The van der Waals surface area contributed by atoms with Crippen LogP contribution in [-0.2, 0) is 4.79 Å². The van der Waals surface area contributed by atoms with Crippen molar-refractivity contribution in [2.24, 2.45) is 0 Å². The van der Waals surface area contributed by atoms with Gasteiger partial charge >= 0.3 is 0 Å². The van der Waals surface area contributed by atoms with Gasteiger partial charge in [-0.15, -0.1) is 0 Å². The number of carbonyl (C=O) groups excluding carboxylic acids is 1. The molecule has 4 nitrogen and oxygen atoms in total. The molecule has 0 N–H and O–H groups in total. The highest BCUT2D eigenvalue weighted by atomic mass is 16.5. The highest BCUT2D eigenvalue weighted by Gasteiger charge is 2.27. The molecule has 1 fully saturated rings. The molecule has 2 aromatic rings. The van der Waals surface area contributed by atoms with Crippen LogP contribution in [0.15, 0.2) is 54.6 Å². The number of piperazine rings is 1. The van der Waals surface area contributed by atoms with Crippen LogP contribution in [0.3, 0.4) is 0 Å². The van der Waals surface area contributed by atoms with Gasteiger partial charge in [0.05, 0.1) is 0 Å². The topological polar surface area (TPSA) is 32.8 Å². The number of para-hydroxylation sites is 1. The second-order valence-corrected chi connectivity index (χ2v) is 6.48. The summed E-state index contributed by atoms with van der Waals surface area (Å²) < 4.78 is 5.97. The van der Waals surface area contributed by atoms with E-state index in [1.54, 1.807) is 0 Å². The van der Waals surface area contributed by atoms with Crippen molar-refractivity contribution in [1.29, 1.82) is 0 Å². The van der Waals surface area contributed by atoms with E-state index in [1.807, 2.05) is 49.1 Å². The Balaban J connectivity index is 1.59. The maximum atomic E-state index is 12.8. The van der Waals surface area contributed by atoms with Crippen LogP contribution in [0, 0.1) is 6.92 Å². The molecule has 0 unspecified atom stereocenters. The molecule has 2 aromatic carbocycles. The molecule has 25 heavy (non-hydrogen) atoms. The third-order valence-corrected chi connectivity index (χ3v) is 4.63. The minimum atomic E-state index is -0.412. The van der Waals surface area contributed by atoms with Crippen molar-refractivity contribution < 1.29 is 9.53 Å². The molecule has 0 spiro atoms. The summed E-state index contributed by atoms with van der Waals surface area (Å²) in [5.74, 6) is 0.861. The zero-order chi connectivity index (χ0) is 17.6. The van der Waals surface area contributed by atoms with Crippen molar-refractivity contribution in [1.82, 2.24) is 4.90 Å². The van der Waals surface area contributed by atoms with E-state index in [1.165, 1.54) is 5.69 Å². The minimum absolute atomic E-state index is 0.0942. The van der Waals surface area contributed by atoms with E-state index in [0.29, 0.717) is 6.42 Å². The molecule has 4 heteroatoms. The van der Waals surface area contributed by atoms with E-state index in [0.717, 1.165) is 37.5 Å². The Bertz CT molecular complexity index is 694. The monoisotopic (exact) mass is 338 g/mol. The largest absolute Gasteiger partial charge is 0.481 e. The molecule has 3 rings (SSSR count). The highest BCUT2D eigenvalue weighted by Crippen LogP contribution is 2.19. The molecular weight excluding hydrogens is 312 g/mol. The lowest BCUT2D eigenvalue weighted by atomic mass is 10.2. The summed E-state index contributed by atoms with van der Waals surface area (Å²) in [6.07, 6.45) is 0.260. The first-order chi connectivity index (χ1) is 12.2. The van der Waals surface area contributed by atoms with E-state index in [2.05, 4.69) is 29.2 Å². The Morgan fingerprint density at radius 3 is 2.40 bits per heavy atom. The fourth-order valence-electron chi connectivity index (χ4n) is 3.19. The Hall–Kier alpha value is -2.49. The number of hydrogen-bond donors (Lipinski definition) is 0. The first-order valence-corrected chi connectivity index (χ1v) is 8.99. The van der Waals surface area contributed by atoms with Gasteiger partial charge in [-0.2, -0.15) is 0 Å². The second kappa shape index (κ2) is 8.06. The average molecular weight is 338 g/mol. The van der Waals surface area contributed by atoms with Crippen molar-refractivity contribution >= 4 is 11.6 Å². The summed E-state index contributed by atoms with van der Waals surface area (Å²) in [5, 5.41) is 0. The predicted molar refractivity (Wildman–Crippen MR) is 101 cm³/mol. The van der Waals surface area contributed by atoms with Gasteiger partial charge in [0.25, 0.3) is 5.91 Å². The van der Waals surface area contributed by atoms with Crippen molar-refractivity contribution in [3.05, 3.63) is 60.2 Å². The minimum Gasteiger partial charge on any atom is -0.481 e. The molecule has 0 bridgehead atoms. The van der Waals surface area contributed by atoms with Crippen LogP contribution in [0.5, 0.6) is 5.75 Å². The highest BCUT2D eigenvalue weighted by molar-refractivity contribution is 5.81. The molecule has 0 aliphatic carbocycles. The van der Waals surface area contributed by atoms with Crippen molar-refractivity contribution in [2.75, 3.05) is 31.1 Å². The van der Waals surface area contributed by atoms with Gasteiger partial charge in [-0.3, -0.25) is 4.79 Å². The predicted octanol–water partition coefficient (Wildman–Crippen LogP) is 3.50. The van der Waals surface area contributed by atoms with Crippen LogP contribution in [0.2, 0.25) is 0 Å². The number of anilines is 1. The molecule has 1 amide bonds. The first-order valence-electron chi connectivity index (χ1n) is 8.99. The lowest BCUT2D eigenvalue weighted by molar-refractivity contribution is -0.139. The second-order valence-electron chi connectivity index (χ2n) is 6.48. The van der Waals surface area contributed by atoms with Crippen LogP contribution < -0.4 is 9.64 Å². The Morgan fingerprint density at radius 2 is 1.76 bits per heavy atom. The van der Waals surface area contributed by atoms with Crippen molar-refractivity contribution in [2.45, 2.75) is 26.4 Å². The molecule has 1 heterocycles. The van der Waals surface area contributed by atoms with Crippen molar-refractivity contribution in [3.63, 3.8) is 0 Å². The van der Waals surface area contributed by atoms with Crippen LogP contribution in [-0.4, -0.2) is 43.1 Å². The lowest BCUT2D eigenvalue weighted by Crippen LogP contribution is -2.52. The molecule has 1 aliphatic heterocycles. The van der Waals surface area contributed by atoms with Gasteiger partial charge in [0, 0.05) is 31.9 Å². The smallest absolute Gasteiger partial charge is 0.263 e. The van der Waals surface area contributed by atoms with Gasteiger partial charge in [0.2, 0.25) is 0 Å². The summed E-state index contributed by atoms with van der Waals surface area (Å²) in [6, 6.07) is 18.2. The zero-order valence-corrected chi connectivity index (χ0v) is 15.0. The van der Waals surface area contributed by atoms with Crippen LogP contribution in [0.1, 0.15) is 18.9 Å². The number of amides is 1. The Morgan fingerprint density at radius 1 is 1.04 bits per heavy atom. The average Bonchev–Trinajstić information content (AvgIpc) is 2.66. The van der Waals surface area contributed by atoms with Gasteiger partial charge in [-0.1, -0.05) is 37.3 Å². The van der Waals surface area contributed by atoms with Gasteiger partial charge in [0.1, 0.15) is 5.75 Å². The number of benzene rings is 2. The van der Waals surface area contributed by atoms with Crippen LogP contribution >= 0.6 is 0 Å². The Kier molecular flexibility index (Phi) is 5.59. The summed E-state index contributed by atoms with van der Waals surface area (Å²) in [5.41, 5.74) is 2.36. The molecular formula is C21H26N2O2. The van der Waals surface area contributed by atoms with E-state index in [4.69, 9.17) is 4.74 Å². The molecule has 1 atom stereocenters. The van der Waals surface area contributed by atoms with Gasteiger partial charge in [0.15, 0.2) is 6.10 Å². The first kappa shape index (κ1) is 17.3. The lowest BCUT2D eigenvalue weighted by Gasteiger charge is -2.37. The normalized spacial score (nSPS) is 15.8. The third-order valence-electron chi connectivity index (χ3n) is 4.63. The quantitative estimate of drug-likeness (QED) is 0.836. The summed E-state index contributed by atoms with van der Waals surface area (Å²) in [6.45, 7) is 7.22. The fourth-order valence-corrected chi connectivity index (χ4v) is 3.19. The SMILES string of the molecule is CC[C@H](Oc1cccc(C)c1)C(=O)N1CCN(c2ccccc2)CC1. The molecule has 0 radical (unpaired) electrons. The third kappa shape index (κ3) is 4.32. The molecule has 0 aromatic heterocycles. The van der Waals surface area contributed by atoms with Gasteiger partial charge in [-0.05, 0) is 43.2 Å². The summed E-state index contributed by atoms with van der Waals surface area (Å²) >= 11 is 0.